The van der Waals surface area contributed by atoms with Crippen LogP contribution in [0.1, 0.15) is 68.2 Å². The molecule has 0 atom stereocenters. The lowest BCUT2D eigenvalue weighted by atomic mass is 9.80. The van der Waals surface area contributed by atoms with Crippen LogP contribution in [0.3, 0.4) is 0 Å². The van der Waals surface area contributed by atoms with Crippen molar-refractivity contribution in [2.45, 2.75) is 79.4 Å². The van der Waals surface area contributed by atoms with Gasteiger partial charge in [0, 0.05) is 11.0 Å². The molecule has 4 nitrogen and oxygen atoms in total. The van der Waals surface area contributed by atoms with E-state index in [1.807, 2.05) is 41.5 Å². The van der Waals surface area contributed by atoms with E-state index in [9.17, 15) is 9.90 Å². The summed E-state index contributed by atoms with van der Waals surface area (Å²) in [5, 5.41) is 9.87. The van der Waals surface area contributed by atoms with Crippen molar-refractivity contribution in [3.8, 4) is 0 Å². The second-order valence-electron chi connectivity index (χ2n) is 8.78. The van der Waals surface area contributed by atoms with Gasteiger partial charge in [-0.1, -0.05) is 13.8 Å². The molecule has 20 heavy (non-hydrogen) atoms. The molecule has 0 radical (unpaired) electrons. The maximum atomic E-state index is 12.2. The third kappa shape index (κ3) is 8.54. The van der Waals surface area contributed by atoms with Crippen molar-refractivity contribution in [2.75, 3.05) is 6.61 Å². The minimum atomic E-state index is -0.773. The highest BCUT2D eigenvalue weighted by molar-refractivity contribution is 5.76. The van der Waals surface area contributed by atoms with Crippen molar-refractivity contribution in [3.05, 3.63) is 0 Å². The van der Waals surface area contributed by atoms with Crippen LogP contribution in [0, 0.1) is 10.8 Å². The van der Waals surface area contributed by atoms with Gasteiger partial charge >= 0.3 is 5.97 Å². The number of carbonyl (C=O) groups excluding carboxylic acids is 1. The molecular weight excluding hydrogens is 254 g/mol. The Balaban J connectivity index is 4.55. The summed E-state index contributed by atoms with van der Waals surface area (Å²) in [7, 11) is 0. The lowest BCUT2D eigenvalue weighted by Crippen LogP contribution is -2.42. The lowest BCUT2D eigenvalue weighted by Gasteiger charge is -2.34. The van der Waals surface area contributed by atoms with Gasteiger partial charge in [0.25, 0.3) is 0 Å². The van der Waals surface area contributed by atoms with E-state index in [4.69, 9.17) is 10.5 Å². The number of esters is 1. The van der Waals surface area contributed by atoms with Crippen molar-refractivity contribution in [1.29, 1.82) is 0 Å². The first-order valence-electron chi connectivity index (χ1n) is 7.23. The van der Waals surface area contributed by atoms with Gasteiger partial charge in [0.15, 0.2) is 0 Å². The van der Waals surface area contributed by atoms with Gasteiger partial charge in [-0.15, -0.1) is 0 Å². The molecule has 0 saturated carbocycles. The summed E-state index contributed by atoms with van der Waals surface area (Å²) in [6, 6.07) is 0. The Hall–Kier alpha value is -0.610. The maximum absolute atomic E-state index is 12.2. The van der Waals surface area contributed by atoms with Crippen molar-refractivity contribution in [2.24, 2.45) is 16.6 Å². The fourth-order valence-electron chi connectivity index (χ4n) is 2.89. The second-order valence-corrected chi connectivity index (χ2v) is 8.78. The van der Waals surface area contributed by atoms with Crippen molar-refractivity contribution < 1.29 is 14.6 Å². The van der Waals surface area contributed by atoms with E-state index in [2.05, 4.69) is 0 Å². The van der Waals surface area contributed by atoms with Crippen LogP contribution < -0.4 is 5.73 Å². The number of carbonyl (C=O) groups is 1. The van der Waals surface area contributed by atoms with E-state index >= 15 is 0 Å². The Morgan fingerprint density at radius 2 is 1.45 bits per heavy atom. The molecule has 0 aromatic rings. The SMILES string of the molecule is CC(C)(N)CC(C)(C)C(=O)OCC(C)(C)CC(C)(C)O. The Kier molecular flexibility index (Phi) is 5.84. The molecule has 0 fully saturated rings. The molecule has 0 aliphatic heterocycles. The third-order valence-electron chi connectivity index (χ3n) is 2.96. The summed E-state index contributed by atoms with van der Waals surface area (Å²) in [5.74, 6) is -0.236. The predicted molar refractivity (Wildman–Crippen MR) is 82.3 cm³/mol. The van der Waals surface area contributed by atoms with Crippen LogP contribution in [0.2, 0.25) is 0 Å². The maximum Gasteiger partial charge on any atom is 0.311 e. The largest absolute Gasteiger partial charge is 0.465 e. The van der Waals surface area contributed by atoms with Gasteiger partial charge in [0.2, 0.25) is 0 Å². The Morgan fingerprint density at radius 3 is 1.80 bits per heavy atom. The van der Waals surface area contributed by atoms with Crippen LogP contribution in [0.25, 0.3) is 0 Å². The van der Waals surface area contributed by atoms with Gasteiger partial charge in [-0.05, 0) is 54.4 Å². The van der Waals surface area contributed by atoms with E-state index in [-0.39, 0.29) is 11.4 Å². The standard InChI is InChI=1S/C16H33NO3/c1-13(2,9-16(7,8)19)11-20-12(18)14(3,4)10-15(5,6)17/h19H,9-11,17H2,1-8H3. The number of ether oxygens (including phenoxy) is 1. The summed E-state index contributed by atoms with van der Waals surface area (Å²) >= 11 is 0. The van der Waals surface area contributed by atoms with Crippen LogP contribution in [0.5, 0.6) is 0 Å². The normalized spacial score (nSPS) is 14.3. The predicted octanol–water partition coefficient (Wildman–Crippen LogP) is 2.87. The Bertz CT molecular complexity index is 333. The molecule has 0 saturated heterocycles. The summed E-state index contributed by atoms with van der Waals surface area (Å²) in [5.41, 5.74) is 3.93. The Morgan fingerprint density at radius 1 is 1.00 bits per heavy atom. The number of hydrogen-bond donors (Lipinski definition) is 2. The molecular formula is C16H33NO3. The van der Waals surface area contributed by atoms with Crippen LogP contribution in [-0.2, 0) is 9.53 Å². The van der Waals surface area contributed by atoms with Crippen LogP contribution in [0.4, 0.5) is 0 Å². The van der Waals surface area contributed by atoms with Gasteiger partial charge in [-0.2, -0.15) is 0 Å². The number of rotatable bonds is 7. The molecule has 4 heteroatoms. The molecule has 0 amide bonds. The lowest BCUT2D eigenvalue weighted by molar-refractivity contribution is -0.159. The molecule has 0 aromatic carbocycles. The molecule has 0 bridgehead atoms. The van der Waals surface area contributed by atoms with Gasteiger partial charge in [0.05, 0.1) is 17.6 Å². The molecule has 120 valence electrons. The summed E-state index contributed by atoms with van der Waals surface area (Å²) < 4.78 is 5.46. The van der Waals surface area contributed by atoms with Gasteiger partial charge < -0.3 is 15.6 Å². The van der Waals surface area contributed by atoms with E-state index in [0.29, 0.717) is 19.4 Å². The highest BCUT2D eigenvalue weighted by Gasteiger charge is 2.36. The molecule has 3 N–H and O–H groups in total. The van der Waals surface area contributed by atoms with Crippen LogP contribution >= 0.6 is 0 Å². The molecule has 0 aliphatic rings. The van der Waals surface area contributed by atoms with Gasteiger partial charge in [-0.3, -0.25) is 4.79 Å². The van der Waals surface area contributed by atoms with Crippen LogP contribution in [0.15, 0.2) is 0 Å². The van der Waals surface area contributed by atoms with E-state index in [0.717, 1.165) is 0 Å². The van der Waals surface area contributed by atoms with Gasteiger partial charge in [0.1, 0.15) is 0 Å². The highest BCUT2D eigenvalue weighted by Crippen LogP contribution is 2.31. The second kappa shape index (κ2) is 6.02. The van der Waals surface area contributed by atoms with Crippen LogP contribution in [-0.4, -0.2) is 28.8 Å². The quantitative estimate of drug-likeness (QED) is 0.706. The number of hydrogen-bond acceptors (Lipinski definition) is 4. The Labute approximate surface area is 124 Å². The molecule has 0 aromatic heterocycles. The minimum absolute atomic E-state index is 0.236. The molecule has 0 rings (SSSR count). The molecule has 0 unspecified atom stereocenters. The zero-order chi connectivity index (χ0) is 16.4. The van der Waals surface area contributed by atoms with E-state index < -0.39 is 16.6 Å². The highest BCUT2D eigenvalue weighted by atomic mass is 16.5. The number of nitrogens with two attached hydrogens (primary N) is 1. The fourth-order valence-corrected chi connectivity index (χ4v) is 2.89. The fraction of sp³-hybridized carbons (Fsp3) is 0.938. The molecule has 0 heterocycles. The third-order valence-corrected chi connectivity index (χ3v) is 2.96. The zero-order valence-corrected chi connectivity index (χ0v) is 14.5. The first-order chi connectivity index (χ1) is 8.54. The van der Waals surface area contributed by atoms with Crippen molar-refractivity contribution in [1.82, 2.24) is 0 Å². The molecule has 0 spiro atoms. The smallest absolute Gasteiger partial charge is 0.311 e. The number of aliphatic hydroxyl groups is 1. The summed E-state index contributed by atoms with van der Waals surface area (Å²) in [6.45, 7) is 15.3. The minimum Gasteiger partial charge on any atom is -0.465 e. The van der Waals surface area contributed by atoms with Crippen molar-refractivity contribution >= 4 is 5.97 Å². The average molecular weight is 287 g/mol. The zero-order valence-electron chi connectivity index (χ0n) is 14.5. The summed E-state index contributed by atoms with van der Waals surface area (Å²) in [6.07, 6.45) is 1.13. The van der Waals surface area contributed by atoms with Gasteiger partial charge in [-0.25, -0.2) is 0 Å². The summed E-state index contributed by atoms with van der Waals surface area (Å²) in [4.78, 5) is 12.2. The first kappa shape index (κ1) is 19.4. The van der Waals surface area contributed by atoms with E-state index in [1.54, 1.807) is 13.8 Å². The average Bonchev–Trinajstić information content (AvgIpc) is 2.05. The first-order valence-corrected chi connectivity index (χ1v) is 7.23. The topological polar surface area (TPSA) is 72.6 Å². The molecule has 0 aliphatic carbocycles. The van der Waals surface area contributed by atoms with Crippen molar-refractivity contribution in [3.63, 3.8) is 0 Å². The monoisotopic (exact) mass is 287 g/mol. The van der Waals surface area contributed by atoms with E-state index in [1.165, 1.54) is 0 Å².